The first-order valence-electron chi connectivity index (χ1n) is 9.97. The third-order valence-electron chi connectivity index (χ3n) is 3.66. The van der Waals surface area contributed by atoms with Crippen molar-refractivity contribution in [2.45, 2.75) is 6.92 Å². The van der Waals surface area contributed by atoms with Gasteiger partial charge in [-0.1, -0.05) is 18.5 Å². The van der Waals surface area contributed by atoms with Gasteiger partial charge in [0.15, 0.2) is 8.42 Å². The van der Waals surface area contributed by atoms with Crippen LogP contribution in [0, 0.1) is 27.2 Å². The van der Waals surface area contributed by atoms with Crippen LogP contribution in [0.25, 0.3) is 20.4 Å². The number of rotatable bonds is 0. The van der Waals surface area contributed by atoms with Crippen molar-refractivity contribution in [2.24, 2.45) is 0 Å². The van der Waals surface area contributed by atoms with Gasteiger partial charge in [0, 0.05) is 27.4 Å². The molecule has 2 aromatic heterocycles. The van der Waals surface area contributed by atoms with Crippen LogP contribution in [0.2, 0.25) is 4.47 Å². The van der Waals surface area contributed by atoms with Crippen LogP contribution in [0.5, 0.6) is 0 Å². The van der Waals surface area contributed by atoms with E-state index in [1.54, 1.807) is 19.1 Å². The number of benzene rings is 3. The third kappa shape index (κ3) is 19.1. The SMILES string of the molecule is CC(=S)[S-].Fc1ccc2sc(=S)[nH]c2c1.Fc1ccc2sc(Cl)nc2c1.Nc1cc(F)ccc1F.O=S(=O)(Cl)Cl.[K+]. The van der Waals surface area contributed by atoms with E-state index < -0.39 is 19.9 Å². The molecule has 0 aliphatic carbocycles. The second-order valence-electron chi connectivity index (χ2n) is 6.77. The van der Waals surface area contributed by atoms with Crippen molar-refractivity contribution < 1.29 is 77.4 Å². The molecule has 3 N–H and O–H groups in total. The largest absolute Gasteiger partial charge is 1.00 e. The number of hydrogen-bond donors (Lipinski definition) is 2. The van der Waals surface area contributed by atoms with Crippen LogP contribution in [0.4, 0.5) is 23.2 Å². The molecule has 5 rings (SSSR count). The number of anilines is 1. The van der Waals surface area contributed by atoms with E-state index in [1.165, 1.54) is 46.9 Å². The summed E-state index contributed by atoms with van der Waals surface area (Å²) in [5, 5.41) is 0. The average molecular weight is 767 g/mol. The van der Waals surface area contributed by atoms with Gasteiger partial charge in [-0.25, -0.2) is 22.5 Å². The first kappa shape index (κ1) is 40.9. The smallest absolute Gasteiger partial charge is 0.433 e. The molecule has 0 spiro atoms. The molecule has 0 bridgehead atoms. The van der Waals surface area contributed by atoms with Crippen molar-refractivity contribution in [3.05, 3.63) is 86.3 Å². The van der Waals surface area contributed by atoms with Crippen LogP contribution in [0.1, 0.15) is 6.92 Å². The molecule has 0 saturated heterocycles. The zero-order valence-electron chi connectivity index (χ0n) is 20.6. The summed E-state index contributed by atoms with van der Waals surface area (Å²) in [7, 11) is 4.81. The Balaban J connectivity index is 0.000000509. The van der Waals surface area contributed by atoms with Crippen LogP contribution in [-0.4, -0.2) is 22.6 Å². The molecule has 2 heterocycles. The van der Waals surface area contributed by atoms with Gasteiger partial charge in [-0.2, -0.15) is 12.6 Å². The fourth-order valence-electron chi connectivity index (χ4n) is 2.31. The zero-order valence-corrected chi connectivity index (χ0v) is 30.9. The summed E-state index contributed by atoms with van der Waals surface area (Å²) in [6, 6.07) is 12.0. The average Bonchev–Trinajstić information content (AvgIpc) is 3.35. The number of thiocarbonyl (C=S) groups is 1. The fourth-order valence-corrected chi connectivity index (χ4v) is 4.42. The Bertz CT molecular complexity index is 1740. The predicted octanol–water partition coefficient (Wildman–Crippen LogP) is 6.33. The van der Waals surface area contributed by atoms with Crippen LogP contribution in [-0.2, 0) is 20.9 Å². The van der Waals surface area contributed by atoms with E-state index in [2.05, 4.69) is 56.2 Å². The predicted molar refractivity (Wildman–Crippen MR) is 169 cm³/mol. The Morgan fingerprint density at radius 3 is 1.93 bits per heavy atom. The minimum Gasteiger partial charge on any atom is -0.433 e. The maximum Gasteiger partial charge on any atom is 1.00 e. The molecule has 0 saturated carbocycles. The normalized spacial score (nSPS) is 9.85. The number of halogens is 7. The Kier molecular flexibility index (Phi) is 20.0. The van der Waals surface area contributed by atoms with Crippen LogP contribution in [0.15, 0.2) is 54.6 Å². The second kappa shape index (κ2) is 20.1. The molecule has 0 amide bonds. The van der Waals surface area contributed by atoms with Gasteiger partial charge < -0.3 is 35.6 Å². The quantitative estimate of drug-likeness (QED) is 0.0476. The molecule has 0 unspecified atom stereocenters. The molecule has 41 heavy (non-hydrogen) atoms. The second-order valence-corrected chi connectivity index (χ2v) is 15.3. The van der Waals surface area contributed by atoms with Crippen LogP contribution < -0.4 is 57.1 Å². The van der Waals surface area contributed by atoms with Crippen molar-refractivity contribution in [3.8, 4) is 0 Å². The molecule has 0 atom stereocenters. The monoisotopic (exact) mass is 765 g/mol. The van der Waals surface area contributed by atoms with Crippen molar-refractivity contribution in [3.63, 3.8) is 0 Å². The number of hydrogen-bond acceptors (Lipinski definition) is 9. The van der Waals surface area contributed by atoms with Gasteiger partial charge in [-0.15, -0.1) is 22.7 Å². The number of aromatic amines is 1. The van der Waals surface area contributed by atoms with E-state index in [1.807, 2.05) is 0 Å². The van der Waals surface area contributed by atoms with E-state index in [9.17, 15) is 17.6 Å². The molecule has 0 aliphatic heterocycles. The summed E-state index contributed by atoms with van der Waals surface area (Å²) in [4.78, 5) is 6.81. The topological polar surface area (TPSA) is 88.8 Å². The molecular weight excluding hydrogens is 752 g/mol. The van der Waals surface area contributed by atoms with Gasteiger partial charge in [0.2, 0.25) is 0 Å². The van der Waals surface area contributed by atoms with E-state index in [0.29, 0.717) is 18.1 Å². The summed E-state index contributed by atoms with van der Waals surface area (Å²) < 4.78 is 71.4. The van der Waals surface area contributed by atoms with Crippen molar-refractivity contribution in [2.75, 3.05) is 5.73 Å². The van der Waals surface area contributed by atoms with E-state index in [4.69, 9.17) is 38.0 Å². The molecule has 0 fully saturated rings. The first-order chi connectivity index (χ1) is 18.4. The Morgan fingerprint density at radius 2 is 1.41 bits per heavy atom. The molecule has 19 heteroatoms. The van der Waals surface area contributed by atoms with Crippen molar-refractivity contribution in [1.29, 1.82) is 0 Å². The van der Waals surface area contributed by atoms with E-state index >= 15 is 0 Å². The summed E-state index contributed by atoms with van der Waals surface area (Å²) in [5.41, 5.74) is 6.25. The van der Waals surface area contributed by atoms with E-state index in [0.717, 1.165) is 33.1 Å². The number of nitrogens with two attached hydrogens (primary N) is 1. The summed E-state index contributed by atoms with van der Waals surface area (Å²) in [6.07, 6.45) is 0. The van der Waals surface area contributed by atoms with E-state index in [-0.39, 0.29) is 68.7 Å². The third-order valence-corrected chi connectivity index (χ3v) is 6.02. The maximum absolute atomic E-state index is 12.6. The Morgan fingerprint density at radius 1 is 0.951 bits per heavy atom. The summed E-state index contributed by atoms with van der Waals surface area (Å²) >= 11 is 22.0. The number of H-pyrrole nitrogens is 1. The zero-order chi connectivity index (χ0) is 30.6. The number of nitrogens with one attached hydrogen (secondary N) is 1. The van der Waals surface area contributed by atoms with Crippen molar-refractivity contribution in [1.82, 2.24) is 9.97 Å². The first-order valence-corrected chi connectivity index (χ1v) is 16.3. The molecule has 5 nitrogen and oxygen atoms in total. The molecule has 0 radical (unpaired) electrons. The number of aromatic nitrogens is 2. The van der Waals surface area contributed by atoms with Crippen LogP contribution >= 0.6 is 80.1 Å². The van der Waals surface area contributed by atoms with Gasteiger partial charge in [-0.3, -0.25) is 0 Å². The van der Waals surface area contributed by atoms with Gasteiger partial charge in [0.25, 0.3) is 0 Å². The van der Waals surface area contributed by atoms with Crippen LogP contribution in [0.3, 0.4) is 0 Å². The van der Waals surface area contributed by atoms with Gasteiger partial charge >= 0.3 is 59.6 Å². The number of fused-ring (bicyclic) bond motifs is 2. The van der Waals surface area contributed by atoms with Gasteiger partial charge in [0.1, 0.15) is 23.3 Å². The van der Waals surface area contributed by atoms with Gasteiger partial charge in [0.05, 0.1) is 26.1 Å². The molecule has 3 aromatic carbocycles. The van der Waals surface area contributed by atoms with Crippen molar-refractivity contribution >= 4 is 131 Å². The molecule has 5 aromatic rings. The Labute approximate surface area is 313 Å². The number of thiazole rings is 2. The molecular formula is C22H15Cl3F4KN3O2S6. The minimum absolute atomic E-state index is 0. The number of nitrogens with zero attached hydrogens (tertiary/aromatic N) is 1. The summed E-state index contributed by atoms with van der Waals surface area (Å²) in [5.74, 6) is -1.62. The molecule has 0 aliphatic rings. The molecule has 216 valence electrons. The summed E-state index contributed by atoms with van der Waals surface area (Å²) in [6.45, 7) is 1.71. The minimum atomic E-state index is -3.72. The number of nitrogen functional groups attached to an aromatic ring is 1. The standard InChI is InChI=1S/C7H3ClFNS.C7H4FNS2.C6H5F2N.C2H4S2.Cl2O2S.K/c8-7-10-5-3-4(9)1-2-6(5)11-7;8-4-1-2-6-5(3-4)9-7(10)11-6;7-4-1-2-5(8)6(9)3-4;1-2(3)4;1-5(2,3)4;/h1-3H;1-3H,(H,9,10);1-3H,9H2;1H3,(H,3,4);;/q;;;;;+1/p-1. The fraction of sp³-hybridized carbons (Fsp3) is 0.0455. The van der Waals surface area contributed by atoms with Gasteiger partial charge in [-0.05, 0) is 60.7 Å². The maximum atomic E-state index is 12.6. The Hall–Kier alpha value is -0.0536.